The Balaban J connectivity index is 1.84. The molecule has 1 saturated heterocycles. The maximum atomic E-state index is 12.4. The number of aliphatic hydroxyl groups excluding tert-OH is 1. The third kappa shape index (κ3) is 4.04. The molecule has 0 aliphatic carbocycles. The van der Waals surface area contributed by atoms with Crippen molar-refractivity contribution in [3.05, 3.63) is 22.4 Å². The molecule has 116 valence electrons. The van der Waals surface area contributed by atoms with E-state index in [-0.39, 0.29) is 17.7 Å². The Labute approximate surface area is 129 Å². The molecule has 5 nitrogen and oxygen atoms in total. The summed E-state index contributed by atoms with van der Waals surface area (Å²) in [6, 6.07) is 3.77. The van der Waals surface area contributed by atoms with E-state index in [1.807, 2.05) is 17.5 Å². The molecule has 2 amide bonds. The smallest absolute Gasteiger partial charge is 0.225 e. The van der Waals surface area contributed by atoms with E-state index >= 15 is 0 Å². The molecular weight excluding hydrogens is 288 g/mol. The van der Waals surface area contributed by atoms with E-state index in [4.69, 9.17) is 0 Å². The van der Waals surface area contributed by atoms with Crippen LogP contribution in [0, 0.1) is 5.92 Å². The molecule has 1 aliphatic heterocycles. The van der Waals surface area contributed by atoms with Gasteiger partial charge in [0.05, 0.1) is 6.54 Å². The van der Waals surface area contributed by atoms with Gasteiger partial charge in [0.25, 0.3) is 0 Å². The summed E-state index contributed by atoms with van der Waals surface area (Å²) in [6.45, 7) is 3.16. The summed E-state index contributed by atoms with van der Waals surface area (Å²) in [7, 11) is 1.73. The van der Waals surface area contributed by atoms with Gasteiger partial charge in [0.15, 0.2) is 0 Å². The second kappa shape index (κ2) is 7.04. The highest BCUT2D eigenvalue weighted by Crippen LogP contribution is 2.22. The molecule has 1 fully saturated rings. The highest BCUT2D eigenvalue weighted by molar-refractivity contribution is 7.10. The van der Waals surface area contributed by atoms with Gasteiger partial charge in [-0.25, -0.2) is 0 Å². The summed E-state index contributed by atoms with van der Waals surface area (Å²) in [5.41, 5.74) is 0. The lowest BCUT2D eigenvalue weighted by Gasteiger charge is -2.33. The molecule has 0 saturated carbocycles. The lowest BCUT2D eigenvalue weighted by molar-refractivity contribution is -0.140. The number of likely N-dealkylation sites (N-methyl/N-ethyl adjacent to an activating group) is 1. The molecule has 6 heteroatoms. The zero-order valence-corrected chi connectivity index (χ0v) is 13.3. The van der Waals surface area contributed by atoms with Gasteiger partial charge in [-0.2, -0.15) is 0 Å². The number of likely N-dealkylation sites (tertiary alicyclic amines) is 1. The van der Waals surface area contributed by atoms with Gasteiger partial charge in [0.2, 0.25) is 11.8 Å². The minimum Gasteiger partial charge on any atom is -0.386 e. The first-order chi connectivity index (χ1) is 9.99. The molecule has 1 N–H and O–H groups in total. The number of aliphatic hydroxyl groups is 1. The molecule has 1 aromatic heterocycles. The number of carbonyl (C=O) groups excluding carboxylic acids is 2. The number of piperidine rings is 1. The van der Waals surface area contributed by atoms with Crippen LogP contribution in [0.15, 0.2) is 17.5 Å². The van der Waals surface area contributed by atoms with Crippen LogP contribution in [0.3, 0.4) is 0 Å². The van der Waals surface area contributed by atoms with Crippen molar-refractivity contribution in [2.24, 2.45) is 5.92 Å². The molecule has 2 heterocycles. The zero-order chi connectivity index (χ0) is 15.4. The second-order valence-electron chi connectivity index (χ2n) is 5.53. The Kier molecular flexibility index (Phi) is 5.36. The number of carbonyl (C=O) groups is 2. The van der Waals surface area contributed by atoms with E-state index in [1.54, 1.807) is 23.8 Å². The summed E-state index contributed by atoms with van der Waals surface area (Å²) in [5.74, 6) is 0.0947. The largest absolute Gasteiger partial charge is 0.386 e. The molecule has 2 rings (SSSR count). The standard InChI is InChI=1S/C15H22N2O3S/c1-11(18)17-7-5-12(6-8-17)15(20)16(2)10-13(19)14-4-3-9-21-14/h3-4,9,12-13,19H,5-8,10H2,1-2H3. The normalized spacial score (nSPS) is 17.6. The van der Waals surface area contributed by atoms with E-state index in [2.05, 4.69) is 0 Å². The Morgan fingerprint density at radius 3 is 2.67 bits per heavy atom. The van der Waals surface area contributed by atoms with E-state index in [1.165, 1.54) is 11.3 Å². The van der Waals surface area contributed by atoms with Crippen molar-refractivity contribution in [2.75, 3.05) is 26.7 Å². The van der Waals surface area contributed by atoms with E-state index < -0.39 is 6.10 Å². The molecule has 0 spiro atoms. The quantitative estimate of drug-likeness (QED) is 0.917. The highest BCUT2D eigenvalue weighted by Gasteiger charge is 2.28. The minimum atomic E-state index is -0.628. The van der Waals surface area contributed by atoms with Crippen LogP contribution in [-0.4, -0.2) is 53.4 Å². The number of hydrogen-bond donors (Lipinski definition) is 1. The first-order valence-electron chi connectivity index (χ1n) is 7.21. The first-order valence-corrected chi connectivity index (χ1v) is 8.09. The Hall–Kier alpha value is -1.40. The predicted molar refractivity (Wildman–Crippen MR) is 81.9 cm³/mol. The van der Waals surface area contributed by atoms with Crippen LogP contribution in [0.2, 0.25) is 0 Å². The van der Waals surface area contributed by atoms with Crippen molar-refractivity contribution < 1.29 is 14.7 Å². The molecule has 1 aliphatic rings. The fourth-order valence-corrected chi connectivity index (χ4v) is 3.38. The molecule has 0 radical (unpaired) electrons. The predicted octanol–water partition coefficient (Wildman–Crippen LogP) is 1.50. The molecule has 0 aromatic carbocycles. The average molecular weight is 310 g/mol. The van der Waals surface area contributed by atoms with Gasteiger partial charge in [-0.15, -0.1) is 11.3 Å². The summed E-state index contributed by atoms with van der Waals surface area (Å²) >= 11 is 1.49. The van der Waals surface area contributed by atoms with E-state index in [0.717, 1.165) is 4.88 Å². The molecule has 0 bridgehead atoms. The third-order valence-electron chi connectivity index (χ3n) is 3.98. The number of rotatable bonds is 4. The Morgan fingerprint density at radius 1 is 1.48 bits per heavy atom. The molecular formula is C15H22N2O3S. The van der Waals surface area contributed by atoms with Crippen LogP contribution in [0.1, 0.15) is 30.7 Å². The molecule has 1 atom stereocenters. The van der Waals surface area contributed by atoms with Crippen molar-refractivity contribution in [1.82, 2.24) is 9.80 Å². The van der Waals surface area contributed by atoms with Gasteiger partial charge in [0, 0.05) is 37.9 Å². The minimum absolute atomic E-state index is 0.0406. The fraction of sp³-hybridized carbons (Fsp3) is 0.600. The third-order valence-corrected chi connectivity index (χ3v) is 4.96. The SMILES string of the molecule is CC(=O)N1CCC(C(=O)N(C)CC(O)c2cccs2)CC1. The molecule has 21 heavy (non-hydrogen) atoms. The number of thiophene rings is 1. The van der Waals surface area contributed by atoms with Gasteiger partial charge in [0.1, 0.15) is 6.10 Å². The topological polar surface area (TPSA) is 60.9 Å². The fourth-order valence-electron chi connectivity index (χ4n) is 2.67. The summed E-state index contributed by atoms with van der Waals surface area (Å²) in [6.07, 6.45) is 0.784. The van der Waals surface area contributed by atoms with Crippen LogP contribution in [-0.2, 0) is 9.59 Å². The van der Waals surface area contributed by atoms with Crippen LogP contribution in [0.4, 0.5) is 0 Å². The van der Waals surface area contributed by atoms with Crippen LogP contribution >= 0.6 is 11.3 Å². The number of amides is 2. The molecule has 1 unspecified atom stereocenters. The Bertz CT molecular complexity index is 481. The summed E-state index contributed by atoms with van der Waals surface area (Å²) in [4.78, 5) is 27.9. The van der Waals surface area contributed by atoms with E-state index in [9.17, 15) is 14.7 Å². The van der Waals surface area contributed by atoms with Gasteiger partial charge < -0.3 is 14.9 Å². The molecule has 1 aromatic rings. The summed E-state index contributed by atoms with van der Waals surface area (Å²) in [5, 5.41) is 12.0. The maximum absolute atomic E-state index is 12.4. The average Bonchev–Trinajstić information content (AvgIpc) is 3.00. The highest BCUT2D eigenvalue weighted by atomic mass is 32.1. The monoisotopic (exact) mass is 310 g/mol. The Morgan fingerprint density at radius 2 is 2.14 bits per heavy atom. The van der Waals surface area contributed by atoms with Gasteiger partial charge >= 0.3 is 0 Å². The number of nitrogens with zero attached hydrogens (tertiary/aromatic N) is 2. The second-order valence-corrected chi connectivity index (χ2v) is 6.51. The van der Waals surface area contributed by atoms with Crippen molar-refractivity contribution in [3.63, 3.8) is 0 Å². The zero-order valence-electron chi connectivity index (χ0n) is 12.5. The van der Waals surface area contributed by atoms with Crippen molar-refractivity contribution in [1.29, 1.82) is 0 Å². The summed E-state index contributed by atoms with van der Waals surface area (Å²) < 4.78 is 0. The van der Waals surface area contributed by atoms with Crippen LogP contribution < -0.4 is 0 Å². The van der Waals surface area contributed by atoms with Gasteiger partial charge in [-0.3, -0.25) is 9.59 Å². The van der Waals surface area contributed by atoms with Gasteiger partial charge in [-0.1, -0.05) is 6.07 Å². The van der Waals surface area contributed by atoms with Crippen LogP contribution in [0.25, 0.3) is 0 Å². The van der Waals surface area contributed by atoms with Crippen molar-refractivity contribution in [2.45, 2.75) is 25.9 Å². The number of hydrogen-bond acceptors (Lipinski definition) is 4. The van der Waals surface area contributed by atoms with Crippen LogP contribution in [0.5, 0.6) is 0 Å². The van der Waals surface area contributed by atoms with Crippen molar-refractivity contribution in [3.8, 4) is 0 Å². The lowest BCUT2D eigenvalue weighted by Crippen LogP contribution is -2.43. The first kappa shape index (κ1) is 16.0. The lowest BCUT2D eigenvalue weighted by atomic mass is 9.95. The van der Waals surface area contributed by atoms with Crippen molar-refractivity contribution >= 4 is 23.2 Å². The maximum Gasteiger partial charge on any atom is 0.225 e. The van der Waals surface area contributed by atoms with E-state index in [0.29, 0.717) is 32.5 Å². The van der Waals surface area contributed by atoms with Gasteiger partial charge in [-0.05, 0) is 24.3 Å².